The van der Waals surface area contributed by atoms with Gasteiger partial charge in [0.15, 0.2) is 0 Å². The van der Waals surface area contributed by atoms with Gasteiger partial charge in [-0.15, -0.1) is 0 Å². The number of hydrogen-bond acceptors (Lipinski definition) is 4. The van der Waals surface area contributed by atoms with E-state index in [1.807, 2.05) is 19.9 Å². The molecule has 100 valence electrons. The summed E-state index contributed by atoms with van der Waals surface area (Å²) in [4.78, 5) is 4.06. The van der Waals surface area contributed by atoms with E-state index in [1.165, 1.54) is 0 Å². The first-order valence-electron chi connectivity index (χ1n) is 5.97. The average molecular weight is 265 g/mol. The molecule has 1 aromatic heterocycles. The first-order valence-corrected chi connectivity index (χ1v) is 5.97. The van der Waals surface area contributed by atoms with E-state index in [-0.39, 0.29) is 12.3 Å². The molecule has 0 aliphatic heterocycles. The van der Waals surface area contributed by atoms with Crippen LogP contribution in [0.5, 0.6) is 0 Å². The first-order chi connectivity index (χ1) is 8.88. The Hall–Kier alpha value is -1.98. The highest BCUT2D eigenvalue weighted by Crippen LogP contribution is 2.55. The first kappa shape index (κ1) is 12.1. The van der Waals surface area contributed by atoms with Gasteiger partial charge in [-0.05, 0) is 31.0 Å². The summed E-state index contributed by atoms with van der Waals surface area (Å²) < 4.78 is 30.8. The third kappa shape index (κ3) is 1.97. The highest BCUT2D eigenvalue weighted by atomic mass is 19.3. The molecule has 2 aromatic rings. The Morgan fingerprint density at radius 2 is 2.00 bits per heavy atom. The number of nitrogens with two attached hydrogens (primary N) is 1. The fourth-order valence-electron chi connectivity index (χ4n) is 2.08. The van der Waals surface area contributed by atoms with Crippen LogP contribution < -0.4 is 5.73 Å². The van der Waals surface area contributed by atoms with Crippen molar-refractivity contribution in [3.05, 3.63) is 29.2 Å². The third-order valence-corrected chi connectivity index (χ3v) is 3.42. The lowest BCUT2D eigenvalue weighted by Crippen LogP contribution is -1.95. The van der Waals surface area contributed by atoms with Gasteiger partial charge in [-0.1, -0.05) is 11.2 Å². The molecule has 3 rings (SSSR count). The van der Waals surface area contributed by atoms with Crippen LogP contribution in [0.1, 0.15) is 29.4 Å². The minimum atomic E-state index is -2.70. The maximum absolute atomic E-state index is 12.9. The predicted octanol–water partition coefficient (Wildman–Crippen LogP) is 3.06. The minimum Gasteiger partial charge on any atom is -0.398 e. The Balaban J connectivity index is 1.97. The number of aromatic nitrogens is 2. The largest absolute Gasteiger partial charge is 0.398 e. The van der Waals surface area contributed by atoms with E-state index >= 15 is 0 Å². The van der Waals surface area contributed by atoms with Crippen LogP contribution in [-0.4, -0.2) is 16.1 Å². The Labute approximate surface area is 108 Å². The molecule has 1 atom stereocenters. The smallest absolute Gasteiger partial charge is 0.260 e. The molecule has 2 N–H and O–H groups in total. The highest BCUT2D eigenvalue weighted by molar-refractivity contribution is 5.67. The van der Waals surface area contributed by atoms with Crippen LogP contribution >= 0.6 is 0 Å². The molecule has 19 heavy (non-hydrogen) atoms. The maximum Gasteiger partial charge on any atom is 0.260 e. The number of hydrogen-bond donors (Lipinski definition) is 1. The molecule has 1 saturated carbocycles. The SMILES string of the molecule is Cc1cc(C)c(-c2noc(C3CC3(F)F)n2)cc1N. The summed E-state index contributed by atoms with van der Waals surface area (Å²) in [5, 5.41) is 3.77. The molecule has 1 aliphatic rings. The van der Waals surface area contributed by atoms with E-state index in [1.54, 1.807) is 6.07 Å². The van der Waals surface area contributed by atoms with Gasteiger partial charge >= 0.3 is 0 Å². The molecule has 1 aromatic carbocycles. The summed E-state index contributed by atoms with van der Waals surface area (Å²) in [6.07, 6.45) is -0.219. The summed E-state index contributed by atoms with van der Waals surface area (Å²) in [6.45, 7) is 3.79. The number of alkyl halides is 2. The number of nitrogen functional groups attached to an aromatic ring is 1. The van der Waals surface area contributed by atoms with Crippen molar-refractivity contribution in [3.8, 4) is 11.4 Å². The Kier molecular flexibility index (Phi) is 2.39. The highest BCUT2D eigenvalue weighted by Gasteiger charge is 2.61. The van der Waals surface area contributed by atoms with Crippen molar-refractivity contribution < 1.29 is 13.3 Å². The zero-order valence-corrected chi connectivity index (χ0v) is 10.6. The average Bonchev–Trinajstić information content (AvgIpc) is 2.76. The fraction of sp³-hybridized carbons (Fsp3) is 0.385. The van der Waals surface area contributed by atoms with Gasteiger partial charge in [-0.25, -0.2) is 8.78 Å². The van der Waals surface area contributed by atoms with E-state index in [9.17, 15) is 8.78 Å². The lowest BCUT2D eigenvalue weighted by molar-refractivity contribution is 0.106. The zero-order valence-electron chi connectivity index (χ0n) is 10.6. The molecule has 1 fully saturated rings. The van der Waals surface area contributed by atoms with Crippen LogP contribution in [0.25, 0.3) is 11.4 Å². The van der Waals surface area contributed by atoms with Crippen molar-refractivity contribution >= 4 is 5.69 Å². The predicted molar refractivity (Wildman–Crippen MR) is 65.9 cm³/mol. The second-order valence-corrected chi connectivity index (χ2v) is 5.00. The second kappa shape index (κ2) is 3.76. The second-order valence-electron chi connectivity index (χ2n) is 5.00. The molecule has 0 radical (unpaired) electrons. The Morgan fingerprint density at radius 1 is 1.32 bits per heavy atom. The quantitative estimate of drug-likeness (QED) is 0.847. The summed E-state index contributed by atoms with van der Waals surface area (Å²) in [6, 6.07) is 3.65. The van der Waals surface area contributed by atoms with E-state index in [0.29, 0.717) is 17.1 Å². The summed E-state index contributed by atoms with van der Waals surface area (Å²) in [5.74, 6) is -3.33. The fourth-order valence-corrected chi connectivity index (χ4v) is 2.08. The molecular weight excluding hydrogens is 252 g/mol. The van der Waals surface area contributed by atoms with Crippen LogP contribution in [0.3, 0.4) is 0 Å². The van der Waals surface area contributed by atoms with E-state index in [0.717, 1.165) is 11.1 Å². The van der Waals surface area contributed by atoms with E-state index < -0.39 is 11.8 Å². The van der Waals surface area contributed by atoms with Gasteiger partial charge in [-0.2, -0.15) is 4.98 Å². The lowest BCUT2D eigenvalue weighted by Gasteiger charge is -2.05. The van der Waals surface area contributed by atoms with Crippen LogP contribution in [0.2, 0.25) is 0 Å². The molecule has 1 unspecified atom stereocenters. The van der Waals surface area contributed by atoms with Crippen molar-refractivity contribution in [2.75, 3.05) is 5.73 Å². The number of anilines is 1. The zero-order chi connectivity index (χ0) is 13.8. The van der Waals surface area contributed by atoms with Gasteiger partial charge in [0.2, 0.25) is 11.7 Å². The molecule has 0 spiro atoms. The van der Waals surface area contributed by atoms with Crippen molar-refractivity contribution in [1.29, 1.82) is 0 Å². The molecule has 0 amide bonds. The van der Waals surface area contributed by atoms with E-state index in [4.69, 9.17) is 10.3 Å². The molecule has 1 heterocycles. The van der Waals surface area contributed by atoms with Crippen LogP contribution in [-0.2, 0) is 0 Å². The van der Waals surface area contributed by atoms with Crippen LogP contribution in [0, 0.1) is 13.8 Å². The Bertz CT molecular complexity index is 651. The van der Waals surface area contributed by atoms with Gasteiger partial charge in [0.1, 0.15) is 5.92 Å². The van der Waals surface area contributed by atoms with E-state index in [2.05, 4.69) is 10.1 Å². The van der Waals surface area contributed by atoms with Gasteiger partial charge in [0.25, 0.3) is 5.92 Å². The summed E-state index contributed by atoms with van der Waals surface area (Å²) in [7, 11) is 0. The molecule has 0 bridgehead atoms. The number of halogens is 2. The number of rotatable bonds is 2. The van der Waals surface area contributed by atoms with Gasteiger partial charge in [0.05, 0.1) is 0 Å². The van der Waals surface area contributed by atoms with Gasteiger partial charge in [0, 0.05) is 17.7 Å². The number of aryl methyl sites for hydroxylation is 2. The molecule has 6 heteroatoms. The molecular formula is C13H13F2N3O. The Morgan fingerprint density at radius 3 is 2.63 bits per heavy atom. The van der Waals surface area contributed by atoms with Crippen molar-refractivity contribution in [2.45, 2.75) is 32.1 Å². The van der Waals surface area contributed by atoms with Crippen molar-refractivity contribution in [2.24, 2.45) is 0 Å². The molecule has 4 nitrogen and oxygen atoms in total. The summed E-state index contributed by atoms with van der Waals surface area (Å²) in [5.41, 5.74) is 9.06. The van der Waals surface area contributed by atoms with Gasteiger partial charge in [-0.3, -0.25) is 0 Å². The normalized spacial score (nSPS) is 20.5. The number of benzene rings is 1. The third-order valence-electron chi connectivity index (χ3n) is 3.42. The maximum atomic E-state index is 12.9. The topological polar surface area (TPSA) is 64.9 Å². The lowest BCUT2D eigenvalue weighted by atomic mass is 10.0. The van der Waals surface area contributed by atoms with Crippen LogP contribution in [0.15, 0.2) is 16.7 Å². The molecule has 1 aliphatic carbocycles. The standard InChI is InChI=1S/C13H13F2N3O/c1-6-3-7(2)10(16)4-8(6)11-17-12(19-18-11)9-5-13(9,14)15/h3-4,9H,5,16H2,1-2H3. The number of nitrogens with zero attached hydrogens (tertiary/aromatic N) is 2. The van der Waals surface area contributed by atoms with Crippen molar-refractivity contribution in [3.63, 3.8) is 0 Å². The molecule has 0 saturated heterocycles. The monoisotopic (exact) mass is 265 g/mol. The van der Waals surface area contributed by atoms with Crippen LogP contribution in [0.4, 0.5) is 14.5 Å². The summed E-state index contributed by atoms with van der Waals surface area (Å²) >= 11 is 0. The minimum absolute atomic E-state index is 0.00135. The van der Waals surface area contributed by atoms with Crippen molar-refractivity contribution in [1.82, 2.24) is 10.1 Å². The van der Waals surface area contributed by atoms with Gasteiger partial charge < -0.3 is 10.3 Å².